The van der Waals surface area contributed by atoms with Crippen LogP contribution < -0.4 is 22.1 Å². The number of aromatic nitrogens is 2. The van der Waals surface area contributed by atoms with Crippen LogP contribution in [0.4, 0.5) is 10.6 Å². The summed E-state index contributed by atoms with van der Waals surface area (Å²) in [6, 6.07) is 9.16. The molecule has 11 nitrogen and oxygen atoms in total. The van der Waals surface area contributed by atoms with Gasteiger partial charge in [0.1, 0.15) is 29.8 Å². The number of carbonyl (C=O) groups is 2. The molecule has 184 valence electrons. The average Bonchev–Trinajstić information content (AvgIpc) is 3.15. The van der Waals surface area contributed by atoms with Gasteiger partial charge in [0.15, 0.2) is 0 Å². The second kappa shape index (κ2) is 10.7. The summed E-state index contributed by atoms with van der Waals surface area (Å²) in [5.41, 5.74) is 5.06. The van der Waals surface area contributed by atoms with Gasteiger partial charge in [-0.2, -0.15) is 4.98 Å². The molecule has 0 saturated carbocycles. The predicted octanol–water partition coefficient (Wildman–Crippen LogP) is 0.726. The largest absolute Gasteiger partial charge is 0.444 e. The van der Waals surface area contributed by atoms with Crippen molar-refractivity contribution in [2.45, 2.75) is 63.6 Å². The van der Waals surface area contributed by atoms with Gasteiger partial charge in [0.05, 0.1) is 12.6 Å². The number of amides is 2. The van der Waals surface area contributed by atoms with Crippen LogP contribution in [0.2, 0.25) is 0 Å². The molecule has 11 heteroatoms. The first-order valence-electron chi connectivity index (χ1n) is 11.0. The van der Waals surface area contributed by atoms with Crippen LogP contribution in [0.3, 0.4) is 0 Å². The number of hydrogen-bond acceptors (Lipinski definition) is 8. The summed E-state index contributed by atoms with van der Waals surface area (Å²) in [6.45, 7) is 4.82. The lowest BCUT2D eigenvalue weighted by molar-refractivity contribution is -0.124. The van der Waals surface area contributed by atoms with Gasteiger partial charge in [0, 0.05) is 19.0 Å². The van der Waals surface area contributed by atoms with Crippen LogP contribution in [0, 0.1) is 0 Å². The van der Waals surface area contributed by atoms with Crippen LogP contribution in [0.15, 0.2) is 47.4 Å². The van der Waals surface area contributed by atoms with Crippen molar-refractivity contribution in [3.8, 4) is 0 Å². The number of nitrogen functional groups attached to an aromatic ring is 1. The minimum atomic E-state index is -0.934. The molecule has 34 heavy (non-hydrogen) atoms. The zero-order chi connectivity index (χ0) is 24.9. The highest BCUT2D eigenvalue weighted by molar-refractivity contribution is 5.86. The Labute approximate surface area is 197 Å². The summed E-state index contributed by atoms with van der Waals surface area (Å²) >= 11 is 0. The highest BCUT2D eigenvalue weighted by Gasteiger charge is 2.38. The van der Waals surface area contributed by atoms with Gasteiger partial charge in [-0.3, -0.25) is 9.36 Å². The lowest BCUT2D eigenvalue weighted by atomic mass is 10.0. The highest BCUT2D eigenvalue weighted by atomic mass is 16.6. The molecule has 1 aromatic carbocycles. The van der Waals surface area contributed by atoms with E-state index in [0.717, 1.165) is 5.56 Å². The monoisotopic (exact) mass is 473 g/mol. The van der Waals surface area contributed by atoms with Gasteiger partial charge in [-0.05, 0) is 32.4 Å². The fourth-order valence-corrected chi connectivity index (χ4v) is 3.66. The van der Waals surface area contributed by atoms with Crippen LogP contribution in [0.5, 0.6) is 0 Å². The number of benzene rings is 1. The van der Waals surface area contributed by atoms with Crippen molar-refractivity contribution in [2.75, 3.05) is 12.3 Å². The van der Waals surface area contributed by atoms with Gasteiger partial charge >= 0.3 is 11.8 Å². The lowest BCUT2D eigenvalue weighted by Crippen LogP contribution is -2.53. The first kappa shape index (κ1) is 25.2. The van der Waals surface area contributed by atoms with Crippen LogP contribution in [0.25, 0.3) is 0 Å². The molecule has 2 aromatic rings. The van der Waals surface area contributed by atoms with Gasteiger partial charge in [0.25, 0.3) is 0 Å². The topological polar surface area (TPSA) is 158 Å². The smallest absolute Gasteiger partial charge is 0.408 e. The van der Waals surface area contributed by atoms with Crippen LogP contribution >= 0.6 is 0 Å². The predicted molar refractivity (Wildman–Crippen MR) is 124 cm³/mol. The number of anilines is 1. The van der Waals surface area contributed by atoms with Crippen molar-refractivity contribution in [3.63, 3.8) is 0 Å². The molecule has 3 rings (SSSR count). The van der Waals surface area contributed by atoms with Gasteiger partial charge in [-0.25, -0.2) is 9.59 Å². The number of nitrogens with two attached hydrogens (primary N) is 1. The van der Waals surface area contributed by atoms with Crippen molar-refractivity contribution in [2.24, 2.45) is 0 Å². The van der Waals surface area contributed by atoms with Crippen molar-refractivity contribution in [1.82, 2.24) is 20.2 Å². The SMILES string of the molecule is CC(C)(C)OC(=O)N[C@@H](Cc1ccccc1)C(=O)N[C@H]1C[C@H](n2ccc(N)nc2=O)O[C@@H]1CO. The normalized spacial score (nSPS) is 21.0. The second-order valence-corrected chi connectivity index (χ2v) is 9.09. The molecule has 5 N–H and O–H groups in total. The van der Waals surface area contributed by atoms with Gasteiger partial charge in [-0.15, -0.1) is 0 Å². The zero-order valence-electron chi connectivity index (χ0n) is 19.4. The number of alkyl carbamates (subject to hydrolysis) is 1. The average molecular weight is 474 g/mol. The molecular weight excluding hydrogens is 442 g/mol. The Kier molecular flexibility index (Phi) is 7.90. The van der Waals surface area contributed by atoms with E-state index in [9.17, 15) is 19.5 Å². The summed E-state index contributed by atoms with van der Waals surface area (Å²) in [4.78, 5) is 41.5. The van der Waals surface area contributed by atoms with Crippen molar-refractivity contribution >= 4 is 17.8 Å². The second-order valence-electron chi connectivity index (χ2n) is 9.09. The van der Waals surface area contributed by atoms with E-state index < -0.39 is 47.7 Å². The van der Waals surface area contributed by atoms with Crippen LogP contribution in [0.1, 0.15) is 39.0 Å². The number of rotatable bonds is 7. The van der Waals surface area contributed by atoms with Crippen molar-refractivity contribution in [1.29, 1.82) is 0 Å². The van der Waals surface area contributed by atoms with E-state index in [4.69, 9.17) is 15.2 Å². The zero-order valence-corrected chi connectivity index (χ0v) is 19.4. The van der Waals surface area contributed by atoms with Crippen molar-refractivity contribution < 1.29 is 24.2 Å². The molecule has 1 fully saturated rings. The Morgan fingerprint density at radius 2 is 2.00 bits per heavy atom. The number of nitrogens with one attached hydrogen (secondary N) is 2. The molecule has 0 unspecified atom stereocenters. The Hall–Kier alpha value is -3.44. The number of aliphatic hydroxyl groups excluding tert-OH is 1. The Morgan fingerprint density at radius 3 is 2.62 bits per heavy atom. The molecule has 2 heterocycles. The molecule has 1 aliphatic heterocycles. The van der Waals surface area contributed by atoms with E-state index in [1.54, 1.807) is 20.8 Å². The molecule has 0 bridgehead atoms. The first-order chi connectivity index (χ1) is 16.1. The molecule has 1 aromatic heterocycles. The quantitative estimate of drug-likeness (QED) is 0.458. The Morgan fingerprint density at radius 1 is 1.29 bits per heavy atom. The van der Waals surface area contributed by atoms with E-state index in [1.807, 2.05) is 30.3 Å². The molecular formula is C23H31N5O6. The lowest BCUT2D eigenvalue weighted by Gasteiger charge is -2.25. The standard InChI is InChI=1S/C23H31N5O6/c1-23(2,3)34-22(32)26-16(11-14-7-5-4-6-8-14)20(30)25-15-12-19(33-17(15)13-29)28-10-9-18(24)27-21(28)31/h4-10,15-17,19,29H,11-13H2,1-3H3,(H,25,30)(H,26,32)(H2,24,27,31)/t15-,16-,17+,19+/m0/s1. The molecule has 2 amide bonds. The van der Waals surface area contributed by atoms with E-state index in [-0.39, 0.29) is 25.3 Å². The number of aliphatic hydroxyl groups is 1. The summed E-state index contributed by atoms with van der Waals surface area (Å²) in [6.07, 6.45) is -0.314. The summed E-state index contributed by atoms with van der Waals surface area (Å²) in [5, 5.41) is 15.3. The van der Waals surface area contributed by atoms with E-state index >= 15 is 0 Å². The minimum Gasteiger partial charge on any atom is -0.444 e. The third-order valence-corrected chi connectivity index (χ3v) is 5.20. The van der Waals surface area contributed by atoms with E-state index in [2.05, 4.69) is 15.6 Å². The molecule has 4 atom stereocenters. The van der Waals surface area contributed by atoms with E-state index in [0.29, 0.717) is 0 Å². The summed E-state index contributed by atoms with van der Waals surface area (Å²) < 4.78 is 12.4. The highest BCUT2D eigenvalue weighted by Crippen LogP contribution is 2.27. The number of hydrogen-bond donors (Lipinski definition) is 4. The summed E-state index contributed by atoms with van der Waals surface area (Å²) in [7, 11) is 0. The van der Waals surface area contributed by atoms with Crippen LogP contribution in [-0.2, 0) is 20.7 Å². The third kappa shape index (κ3) is 6.78. The maximum absolute atomic E-state index is 13.2. The molecule has 0 aliphatic carbocycles. The van der Waals surface area contributed by atoms with Gasteiger partial charge < -0.3 is 30.9 Å². The number of nitrogens with zero attached hydrogens (tertiary/aromatic N) is 2. The maximum atomic E-state index is 13.2. The Bertz CT molecular complexity index is 1050. The van der Waals surface area contributed by atoms with Crippen molar-refractivity contribution in [3.05, 3.63) is 58.6 Å². The van der Waals surface area contributed by atoms with Gasteiger partial charge in [-0.1, -0.05) is 30.3 Å². The first-order valence-corrected chi connectivity index (χ1v) is 11.0. The Balaban J connectivity index is 1.74. The van der Waals surface area contributed by atoms with E-state index in [1.165, 1.54) is 16.8 Å². The fraction of sp³-hybridized carbons (Fsp3) is 0.478. The number of carbonyl (C=O) groups excluding carboxylic acids is 2. The van der Waals surface area contributed by atoms with Crippen LogP contribution in [-0.4, -0.2) is 57.1 Å². The third-order valence-electron chi connectivity index (χ3n) is 5.20. The maximum Gasteiger partial charge on any atom is 0.408 e. The van der Waals surface area contributed by atoms with Gasteiger partial charge in [0.2, 0.25) is 5.91 Å². The molecule has 0 spiro atoms. The molecule has 1 saturated heterocycles. The fourth-order valence-electron chi connectivity index (χ4n) is 3.66. The molecule has 0 radical (unpaired) electrons. The molecule has 1 aliphatic rings. The minimum absolute atomic E-state index is 0.0831. The summed E-state index contributed by atoms with van der Waals surface area (Å²) in [5.74, 6) is -0.384. The number of ether oxygens (including phenoxy) is 2.